The molecule has 0 bridgehead atoms. The number of fused-ring (bicyclic) bond motifs is 1. The molecule has 2 rings (SSSR count). The minimum atomic E-state index is -4.79. The third kappa shape index (κ3) is 2.46. The lowest BCUT2D eigenvalue weighted by molar-refractivity contribution is -0.274. The van der Waals surface area contributed by atoms with Crippen LogP contribution in [-0.4, -0.2) is 11.5 Å². The summed E-state index contributed by atoms with van der Waals surface area (Å²) in [6.07, 6.45) is -4.79. The van der Waals surface area contributed by atoms with Crippen LogP contribution in [0.1, 0.15) is 0 Å². The Hall–Kier alpha value is -1.43. The van der Waals surface area contributed by atoms with Gasteiger partial charge in [-0.25, -0.2) is 0 Å². The third-order valence-electron chi connectivity index (χ3n) is 2.16. The molecule has 90 valence electrons. The van der Waals surface area contributed by atoms with Crippen LogP contribution in [0.4, 0.5) is 13.2 Å². The Labute approximate surface area is 103 Å². The maximum atomic E-state index is 12.2. The van der Waals surface area contributed by atoms with Crippen molar-refractivity contribution in [3.63, 3.8) is 0 Å². The van der Waals surface area contributed by atoms with E-state index in [-0.39, 0.29) is 11.1 Å². The average Bonchev–Trinajstić information content (AvgIpc) is 2.21. The van der Waals surface area contributed by atoms with Gasteiger partial charge in [-0.15, -0.1) is 13.2 Å². The zero-order chi connectivity index (χ0) is 12.6. The zero-order valence-corrected chi connectivity index (χ0v) is 9.84. The van der Waals surface area contributed by atoms with Gasteiger partial charge >= 0.3 is 6.36 Å². The molecule has 17 heavy (non-hydrogen) atoms. The van der Waals surface area contributed by atoms with E-state index in [9.17, 15) is 18.3 Å². The van der Waals surface area contributed by atoms with Crippen LogP contribution >= 0.6 is 15.9 Å². The number of phenolic OH excluding ortho intramolecular Hbond substituents is 1. The van der Waals surface area contributed by atoms with Gasteiger partial charge < -0.3 is 9.84 Å². The molecule has 0 radical (unpaired) electrons. The first kappa shape index (κ1) is 12.0. The highest BCUT2D eigenvalue weighted by atomic mass is 79.9. The van der Waals surface area contributed by atoms with Gasteiger partial charge in [0.15, 0.2) is 0 Å². The van der Waals surface area contributed by atoms with E-state index in [0.29, 0.717) is 9.86 Å². The first-order valence-corrected chi connectivity index (χ1v) is 5.34. The van der Waals surface area contributed by atoms with Crippen molar-refractivity contribution in [3.8, 4) is 11.5 Å². The van der Waals surface area contributed by atoms with Gasteiger partial charge in [0.25, 0.3) is 0 Å². The number of hydrogen-bond acceptors (Lipinski definition) is 2. The van der Waals surface area contributed by atoms with Crippen molar-refractivity contribution in [2.75, 3.05) is 0 Å². The van der Waals surface area contributed by atoms with Crippen molar-refractivity contribution in [1.29, 1.82) is 0 Å². The van der Waals surface area contributed by atoms with Gasteiger partial charge in [-0.1, -0.05) is 18.2 Å². The maximum absolute atomic E-state index is 12.2. The second-order valence-electron chi connectivity index (χ2n) is 3.30. The standard InChI is InChI=1S/C11H6BrF3O2/c12-7-5-4-6-2-1-3-8(9(6)10(7)16)17-11(13,14)15/h1-5,16H. The van der Waals surface area contributed by atoms with E-state index in [0.717, 1.165) is 6.07 Å². The first-order valence-electron chi connectivity index (χ1n) is 4.54. The fourth-order valence-electron chi connectivity index (χ4n) is 1.51. The monoisotopic (exact) mass is 306 g/mol. The Kier molecular flexibility index (Phi) is 2.91. The molecule has 0 aliphatic heterocycles. The van der Waals surface area contributed by atoms with Gasteiger partial charge in [0.05, 0.1) is 9.86 Å². The van der Waals surface area contributed by atoms with Crippen LogP contribution in [0.25, 0.3) is 10.8 Å². The number of hydrogen-bond donors (Lipinski definition) is 1. The number of rotatable bonds is 1. The number of phenols is 1. The van der Waals surface area contributed by atoms with Gasteiger partial charge in [0.2, 0.25) is 0 Å². The zero-order valence-electron chi connectivity index (χ0n) is 8.25. The van der Waals surface area contributed by atoms with Gasteiger partial charge in [-0.3, -0.25) is 0 Å². The molecule has 0 saturated heterocycles. The average molecular weight is 307 g/mol. The normalized spacial score (nSPS) is 11.8. The van der Waals surface area contributed by atoms with E-state index in [2.05, 4.69) is 20.7 Å². The van der Waals surface area contributed by atoms with Crippen molar-refractivity contribution in [2.24, 2.45) is 0 Å². The van der Waals surface area contributed by atoms with Crippen molar-refractivity contribution in [2.45, 2.75) is 6.36 Å². The molecule has 0 aromatic heterocycles. The molecule has 0 aliphatic carbocycles. The molecule has 0 atom stereocenters. The molecule has 2 aromatic rings. The summed E-state index contributed by atoms with van der Waals surface area (Å²) in [5, 5.41) is 10.2. The second-order valence-corrected chi connectivity index (χ2v) is 4.15. The fraction of sp³-hybridized carbons (Fsp3) is 0.0909. The molecule has 2 nitrogen and oxygen atoms in total. The molecule has 0 spiro atoms. The summed E-state index contributed by atoms with van der Waals surface area (Å²) < 4.78 is 40.7. The lowest BCUT2D eigenvalue weighted by Gasteiger charge is -2.12. The minimum absolute atomic E-state index is 0.0270. The number of alkyl halides is 3. The molecule has 0 aliphatic rings. The predicted molar refractivity (Wildman–Crippen MR) is 60.0 cm³/mol. The highest BCUT2D eigenvalue weighted by Gasteiger charge is 2.32. The van der Waals surface area contributed by atoms with Gasteiger partial charge in [-0.2, -0.15) is 0 Å². The quantitative estimate of drug-likeness (QED) is 0.855. The van der Waals surface area contributed by atoms with Crippen LogP contribution in [0.15, 0.2) is 34.8 Å². The molecule has 2 aromatic carbocycles. The molecule has 0 saturated carbocycles. The highest BCUT2D eigenvalue weighted by molar-refractivity contribution is 9.10. The van der Waals surface area contributed by atoms with Crippen LogP contribution in [0, 0.1) is 0 Å². The van der Waals surface area contributed by atoms with Crippen molar-refractivity contribution in [1.82, 2.24) is 0 Å². The van der Waals surface area contributed by atoms with Crippen LogP contribution in [-0.2, 0) is 0 Å². The van der Waals surface area contributed by atoms with Crippen LogP contribution in [0.3, 0.4) is 0 Å². The van der Waals surface area contributed by atoms with Gasteiger partial charge in [0.1, 0.15) is 11.5 Å². The van der Waals surface area contributed by atoms with Crippen molar-refractivity contribution >= 4 is 26.7 Å². The smallest absolute Gasteiger partial charge is 0.506 e. The van der Waals surface area contributed by atoms with E-state index < -0.39 is 12.1 Å². The summed E-state index contributed by atoms with van der Waals surface area (Å²) in [5.74, 6) is -0.698. The Bertz CT molecular complexity index is 566. The topological polar surface area (TPSA) is 29.5 Å². The molecule has 0 heterocycles. The maximum Gasteiger partial charge on any atom is 0.573 e. The van der Waals surface area contributed by atoms with Crippen molar-refractivity contribution < 1.29 is 23.0 Å². The molecule has 0 unspecified atom stereocenters. The minimum Gasteiger partial charge on any atom is -0.506 e. The van der Waals surface area contributed by atoms with E-state index in [1.165, 1.54) is 6.07 Å². The summed E-state index contributed by atoms with van der Waals surface area (Å²) in [6.45, 7) is 0. The summed E-state index contributed by atoms with van der Waals surface area (Å²) in [4.78, 5) is 0. The Morgan fingerprint density at radius 3 is 2.47 bits per heavy atom. The molecular weight excluding hydrogens is 301 g/mol. The van der Waals surface area contributed by atoms with Crippen LogP contribution in [0.2, 0.25) is 0 Å². The van der Waals surface area contributed by atoms with E-state index in [1.807, 2.05) is 0 Å². The third-order valence-corrected chi connectivity index (χ3v) is 2.80. The van der Waals surface area contributed by atoms with E-state index in [4.69, 9.17) is 0 Å². The number of benzene rings is 2. The number of halogens is 4. The SMILES string of the molecule is Oc1c(Br)ccc2cccc(OC(F)(F)F)c12. The Morgan fingerprint density at radius 1 is 1.12 bits per heavy atom. The molecule has 0 amide bonds. The van der Waals surface area contributed by atoms with Crippen molar-refractivity contribution in [3.05, 3.63) is 34.8 Å². The lowest BCUT2D eigenvalue weighted by Crippen LogP contribution is -2.17. The van der Waals surface area contributed by atoms with E-state index in [1.54, 1.807) is 18.2 Å². The molecule has 0 fully saturated rings. The van der Waals surface area contributed by atoms with Gasteiger partial charge in [0, 0.05) is 0 Å². The first-order chi connectivity index (χ1) is 7.88. The predicted octanol–water partition coefficient (Wildman–Crippen LogP) is 4.21. The molecule has 1 N–H and O–H groups in total. The Balaban J connectivity index is 2.67. The fourth-order valence-corrected chi connectivity index (χ4v) is 1.84. The summed E-state index contributed by atoms with van der Waals surface area (Å²) in [5.41, 5.74) is 0. The summed E-state index contributed by atoms with van der Waals surface area (Å²) in [6, 6.07) is 7.31. The molecular formula is C11H6BrF3O2. The Morgan fingerprint density at radius 2 is 1.82 bits per heavy atom. The highest BCUT2D eigenvalue weighted by Crippen LogP contribution is 2.39. The van der Waals surface area contributed by atoms with Gasteiger partial charge in [-0.05, 0) is 33.4 Å². The van der Waals surface area contributed by atoms with E-state index >= 15 is 0 Å². The largest absolute Gasteiger partial charge is 0.573 e. The summed E-state index contributed by atoms with van der Waals surface area (Å²) >= 11 is 3.04. The number of aromatic hydroxyl groups is 1. The second kappa shape index (κ2) is 4.10. The van der Waals surface area contributed by atoms with Crippen LogP contribution < -0.4 is 4.74 Å². The van der Waals surface area contributed by atoms with Crippen LogP contribution in [0.5, 0.6) is 11.5 Å². The molecule has 6 heteroatoms. The number of ether oxygens (including phenoxy) is 1. The lowest BCUT2D eigenvalue weighted by atomic mass is 10.1. The summed E-state index contributed by atoms with van der Waals surface area (Å²) in [7, 11) is 0.